The van der Waals surface area contributed by atoms with Gasteiger partial charge in [0.25, 0.3) is 0 Å². The molecule has 1 aromatic heterocycles. The smallest absolute Gasteiger partial charge is 0.411 e. The number of nitrogens with zero attached hydrogens (tertiary/aromatic N) is 3. The highest BCUT2D eigenvalue weighted by molar-refractivity contribution is 5.80. The summed E-state index contributed by atoms with van der Waals surface area (Å²) in [6.07, 6.45) is 7.45. The van der Waals surface area contributed by atoms with Crippen molar-refractivity contribution in [2.24, 2.45) is 17.8 Å². The van der Waals surface area contributed by atoms with E-state index in [-0.39, 0.29) is 23.9 Å². The molecule has 1 saturated carbocycles. The van der Waals surface area contributed by atoms with Crippen LogP contribution in [-0.2, 0) is 20.8 Å². The molecule has 1 unspecified atom stereocenters. The van der Waals surface area contributed by atoms with Crippen LogP contribution in [0, 0.1) is 35.2 Å². The van der Waals surface area contributed by atoms with E-state index < -0.39 is 41.7 Å². The summed E-state index contributed by atoms with van der Waals surface area (Å²) in [6, 6.07) is 5.05. The number of aliphatic carboxylic acids is 1. The zero-order valence-corrected chi connectivity index (χ0v) is 24.8. The second-order valence-corrected chi connectivity index (χ2v) is 12.2. The Labute approximate surface area is 254 Å². The molecule has 8 nitrogen and oxygen atoms in total. The summed E-state index contributed by atoms with van der Waals surface area (Å²) >= 11 is 0. The number of rotatable bonds is 8. The first kappa shape index (κ1) is 30.0. The molecular weight excluding hydrogens is 575 g/mol. The van der Waals surface area contributed by atoms with Crippen molar-refractivity contribution in [2.45, 2.75) is 64.1 Å². The fraction of sp³-hybridized carbons (Fsp3) is 0.485. The number of hydrogen-bond donors (Lipinski definition) is 1. The minimum Gasteiger partial charge on any atom is -0.496 e. The van der Waals surface area contributed by atoms with Gasteiger partial charge in [0.15, 0.2) is 17.5 Å². The van der Waals surface area contributed by atoms with Gasteiger partial charge in [0.1, 0.15) is 17.7 Å². The van der Waals surface area contributed by atoms with Gasteiger partial charge in [-0.25, -0.2) is 22.9 Å². The summed E-state index contributed by atoms with van der Waals surface area (Å²) in [5.74, 6) is -3.25. The molecule has 6 rings (SSSR count). The molecule has 1 aromatic carbocycles. The maximum Gasteiger partial charge on any atom is 0.411 e. The van der Waals surface area contributed by atoms with Crippen molar-refractivity contribution >= 4 is 23.5 Å². The highest BCUT2D eigenvalue weighted by Gasteiger charge is 2.41. The third-order valence-corrected chi connectivity index (χ3v) is 9.64. The summed E-state index contributed by atoms with van der Waals surface area (Å²) < 4.78 is 53.1. The van der Waals surface area contributed by atoms with Crippen LogP contribution in [0.5, 0.6) is 0 Å². The minimum absolute atomic E-state index is 0.0346. The van der Waals surface area contributed by atoms with E-state index in [1.807, 2.05) is 12.1 Å². The SMILES string of the molecule is COC1=CCC([C@H]2CC[C@H](C(=O)O)CC2)C=C1c1ccc(N2CCC2)nc1CN1C(=O)O[C@H](c2cc(F)c(F)c(F)c2)[C@@H]1C. The molecule has 44 heavy (non-hydrogen) atoms. The predicted octanol–water partition coefficient (Wildman–Crippen LogP) is 6.62. The van der Waals surface area contributed by atoms with Crippen LogP contribution in [0.25, 0.3) is 5.57 Å². The van der Waals surface area contributed by atoms with E-state index in [2.05, 4.69) is 17.1 Å². The quantitative estimate of drug-likeness (QED) is 0.336. The molecule has 0 radical (unpaired) electrons. The molecule has 2 aliphatic heterocycles. The van der Waals surface area contributed by atoms with E-state index in [4.69, 9.17) is 14.5 Å². The van der Waals surface area contributed by atoms with Crippen molar-refractivity contribution in [3.8, 4) is 0 Å². The van der Waals surface area contributed by atoms with Crippen molar-refractivity contribution in [2.75, 3.05) is 25.1 Å². The monoisotopic (exact) mass is 611 g/mol. The number of methoxy groups -OCH3 is 1. The van der Waals surface area contributed by atoms with Gasteiger partial charge >= 0.3 is 12.1 Å². The number of pyridine rings is 1. The Morgan fingerprint density at radius 3 is 2.43 bits per heavy atom. The predicted molar refractivity (Wildman–Crippen MR) is 156 cm³/mol. The molecule has 11 heteroatoms. The molecule has 3 heterocycles. The van der Waals surface area contributed by atoms with Crippen LogP contribution in [-0.4, -0.2) is 53.3 Å². The van der Waals surface area contributed by atoms with Crippen LogP contribution in [0.1, 0.15) is 68.4 Å². The lowest BCUT2D eigenvalue weighted by atomic mass is 9.72. The highest BCUT2D eigenvalue weighted by atomic mass is 19.2. The van der Waals surface area contributed by atoms with Crippen molar-refractivity contribution in [3.05, 3.63) is 76.4 Å². The first-order valence-corrected chi connectivity index (χ1v) is 15.2. The van der Waals surface area contributed by atoms with Crippen molar-refractivity contribution < 1.29 is 37.3 Å². The van der Waals surface area contributed by atoms with Gasteiger partial charge < -0.3 is 19.5 Å². The van der Waals surface area contributed by atoms with Crippen LogP contribution in [0.2, 0.25) is 0 Å². The number of carboxylic acid groups (broad SMARTS) is 1. The van der Waals surface area contributed by atoms with Gasteiger partial charge in [-0.05, 0) is 87.6 Å². The second kappa shape index (κ2) is 12.2. The van der Waals surface area contributed by atoms with Crippen molar-refractivity contribution in [1.82, 2.24) is 9.88 Å². The number of amides is 1. The molecule has 234 valence electrons. The molecule has 0 bridgehead atoms. The molecular formula is C33H36F3N3O5. The largest absolute Gasteiger partial charge is 0.496 e. The van der Waals surface area contributed by atoms with E-state index in [9.17, 15) is 27.9 Å². The second-order valence-electron chi connectivity index (χ2n) is 12.2. The number of carbonyl (C=O) groups is 2. The molecule has 2 aliphatic carbocycles. The number of benzene rings is 1. The van der Waals surface area contributed by atoms with Crippen molar-refractivity contribution in [1.29, 1.82) is 0 Å². The summed E-state index contributed by atoms with van der Waals surface area (Å²) in [7, 11) is 1.62. The number of carboxylic acids is 1. The molecule has 1 amide bonds. The highest BCUT2D eigenvalue weighted by Crippen LogP contribution is 2.42. The Hall–Kier alpha value is -4.02. The first-order valence-electron chi connectivity index (χ1n) is 15.2. The normalized spacial score (nSPS) is 26.9. The van der Waals surface area contributed by atoms with Gasteiger partial charge in [-0.15, -0.1) is 0 Å². The molecule has 2 aromatic rings. The zero-order valence-electron chi connectivity index (χ0n) is 24.8. The molecule has 1 N–H and O–H groups in total. The fourth-order valence-corrected chi connectivity index (χ4v) is 6.89. The van der Waals surface area contributed by atoms with Crippen LogP contribution in [0.4, 0.5) is 23.8 Å². The summed E-state index contributed by atoms with van der Waals surface area (Å²) in [5, 5.41) is 9.44. The number of halogens is 3. The van der Waals surface area contributed by atoms with Crippen molar-refractivity contribution in [3.63, 3.8) is 0 Å². The summed E-state index contributed by atoms with van der Waals surface area (Å²) in [4.78, 5) is 33.3. The van der Waals surface area contributed by atoms with E-state index in [0.717, 1.165) is 67.9 Å². The lowest BCUT2D eigenvalue weighted by molar-refractivity contribution is -0.143. The minimum atomic E-state index is -1.57. The van der Waals surface area contributed by atoms with Crippen LogP contribution >= 0.6 is 0 Å². The molecule has 0 spiro atoms. The van der Waals surface area contributed by atoms with Gasteiger partial charge in [0.2, 0.25) is 0 Å². The number of aromatic nitrogens is 1. The molecule has 3 fully saturated rings. The van der Waals surface area contributed by atoms with Gasteiger partial charge in [0.05, 0.1) is 31.3 Å². The number of anilines is 1. The standard InChI is InChI=1S/C33H36F3N3O5/c1-18-31(22-15-25(34)30(36)26(35)16-22)44-33(42)39(18)17-27-23(9-11-29(37-27)38-12-3-13-38)24-14-21(8-10-28(24)43-2)19-4-6-20(7-5-19)32(40)41/h9-11,14-16,18-21,31H,3-8,12-13,17H2,1-2H3,(H,40,41)/t18-,19-,20-,21?,31-/m0/s1. The van der Waals surface area contributed by atoms with Crippen LogP contribution in [0.3, 0.4) is 0 Å². The van der Waals surface area contributed by atoms with Crippen LogP contribution in [0.15, 0.2) is 42.2 Å². The van der Waals surface area contributed by atoms with E-state index in [1.54, 1.807) is 14.0 Å². The lowest BCUT2D eigenvalue weighted by Crippen LogP contribution is -2.38. The van der Waals surface area contributed by atoms with Gasteiger partial charge in [-0.2, -0.15) is 0 Å². The van der Waals surface area contributed by atoms with Gasteiger partial charge in [-0.3, -0.25) is 9.69 Å². The third kappa shape index (κ3) is 5.64. The Morgan fingerprint density at radius 2 is 1.82 bits per heavy atom. The number of ether oxygens (including phenoxy) is 2. The lowest BCUT2D eigenvalue weighted by Gasteiger charge is -2.34. The first-order chi connectivity index (χ1) is 21.1. The van der Waals surface area contributed by atoms with E-state index >= 15 is 0 Å². The topological polar surface area (TPSA) is 92.2 Å². The summed E-state index contributed by atoms with van der Waals surface area (Å²) in [6.45, 7) is 3.55. The molecule has 3 atom stereocenters. The molecule has 2 saturated heterocycles. The maximum absolute atomic E-state index is 14.0. The molecule has 4 aliphatic rings. The van der Waals surface area contributed by atoms with E-state index in [1.165, 1.54) is 4.90 Å². The van der Waals surface area contributed by atoms with E-state index in [0.29, 0.717) is 30.2 Å². The Morgan fingerprint density at radius 1 is 1.11 bits per heavy atom. The fourth-order valence-electron chi connectivity index (χ4n) is 6.89. The number of carbonyl (C=O) groups excluding carboxylic acids is 1. The maximum atomic E-state index is 14.0. The zero-order chi connectivity index (χ0) is 31.1. The number of cyclic esters (lactones) is 1. The Kier molecular flexibility index (Phi) is 8.30. The average molecular weight is 612 g/mol. The Balaban J connectivity index is 1.31. The average Bonchev–Trinajstić information content (AvgIpc) is 3.27. The third-order valence-electron chi connectivity index (χ3n) is 9.64. The van der Waals surface area contributed by atoms with Crippen LogP contribution < -0.4 is 4.90 Å². The number of allylic oxidation sites excluding steroid dienone is 3. The summed E-state index contributed by atoms with van der Waals surface area (Å²) in [5.41, 5.74) is 2.32. The van der Waals surface area contributed by atoms with Gasteiger partial charge in [0, 0.05) is 29.8 Å². The Bertz CT molecular complexity index is 1490. The number of hydrogen-bond acceptors (Lipinski definition) is 6. The van der Waals surface area contributed by atoms with Gasteiger partial charge in [-0.1, -0.05) is 6.08 Å².